The lowest BCUT2D eigenvalue weighted by atomic mass is 10.1. The maximum atomic E-state index is 12.6. The van der Waals surface area contributed by atoms with E-state index in [1.807, 2.05) is 44.2 Å². The van der Waals surface area contributed by atoms with Crippen molar-refractivity contribution in [3.8, 4) is 5.75 Å². The fraction of sp³-hybridized carbons (Fsp3) is 0.350. The number of ether oxygens (including phenoxy) is 1. The Morgan fingerprint density at radius 2 is 1.96 bits per heavy atom. The minimum Gasteiger partial charge on any atom is -0.489 e. The van der Waals surface area contributed by atoms with Crippen LogP contribution in [0.2, 0.25) is 0 Å². The van der Waals surface area contributed by atoms with Crippen LogP contribution in [0.5, 0.6) is 5.75 Å². The summed E-state index contributed by atoms with van der Waals surface area (Å²) in [6, 6.07) is 14.2. The highest BCUT2D eigenvalue weighted by Crippen LogP contribution is 2.33. The molecule has 2 aromatic carbocycles. The molecule has 2 aromatic rings. The van der Waals surface area contributed by atoms with E-state index >= 15 is 0 Å². The number of fused-ring (bicyclic) bond motifs is 1. The molecule has 1 heterocycles. The molecule has 0 aliphatic carbocycles. The molecule has 0 bridgehead atoms. The maximum Gasteiger partial charge on any atom is 0.240 e. The largest absolute Gasteiger partial charge is 0.489 e. The molecule has 0 fully saturated rings. The number of carbonyl (C=O) groups excluding carboxylic acids is 1. The second-order valence-electron chi connectivity index (χ2n) is 6.83. The molecule has 0 saturated heterocycles. The molecule has 0 spiro atoms. The molecule has 1 amide bonds. The van der Waals surface area contributed by atoms with Gasteiger partial charge in [-0.15, -0.1) is 0 Å². The molecule has 0 aromatic heterocycles. The van der Waals surface area contributed by atoms with E-state index in [9.17, 15) is 13.2 Å². The number of nitrogens with zero attached hydrogens (tertiary/aromatic N) is 1. The van der Waals surface area contributed by atoms with Gasteiger partial charge in [-0.05, 0) is 56.2 Å². The van der Waals surface area contributed by atoms with Crippen molar-refractivity contribution in [2.75, 3.05) is 11.4 Å². The zero-order valence-corrected chi connectivity index (χ0v) is 16.5. The van der Waals surface area contributed by atoms with Gasteiger partial charge in [-0.1, -0.05) is 18.2 Å². The van der Waals surface area contributed by atoms with Gasteiger partial charge in [-0.3, -0.25) is 4.79 Å². The van der Waals surface area contributed by atoms with Crippen LogP contribution in [0.3, 0.4) is 0 Å². The van der Waals surface area contributed by atoms with Gasteiger partial charge in [0.2, 0.25) is 15.9 Å². The Labute approximate surface area is 160 Å². The molecule has 1 N–H and O–H groups in total. The zero-order chi connectivity index (χ0) is 19.6. The van der Waals surface area contributed by atoms with E-state index in [2.05, 4.69) is 4.72 Å². The molecule has 27 heavy (non-hydrogen) atoms. The van der Waals surface area contributed by atoms with Crippen LogP contribution >= 0.6 is 0 Å². The Morgan fingerprint density at radius 3 is 2.63 bits per heavy atom. The SMILES string of the molecule is CC(=O)N1c2ccc(S(=O)(=O)NCC(C)Oc3ccccc3)cc2CC1C. The second kappa shape index (κ2) is 7.70. The van der Waals surface area contributed by atoms with Crippen molar-refractivity contribution in [3.63, 3.8) is 0 Å². The van der Waals surface area contributed by atoms with Gasteiger partial charge in [0, 0.05) is 25.2 Å². The van der Waals surface area contributed by atoms with E-state index in [-0.39, 0.29) is 29.5 Å². The average molecular weight is 388 g/mol. The topological polar surface area (TPSA) is 75.7 Å². The van der Waals surface area contributed by atoms with Crippen molar-refractivity contribution in [3.05, 3.63) is 54.1 Å². The summed E-state index contributed by atoms with van der Waals surface area (Å²) in [6.07, 6.45) is 0.330. The predicted molar refractivity (Wildman–Crippen MR) is 104 cm³/mol. The molecule has 1 aliphatic heterocycles. The summed E-state index contributed by atoms with van der Waals surface area (Å²) < 4.78 is 33.6. The van der Waals surface area contributed by atoms with Crippen LogP contribution in [0, 0.1) is 0 Å². The van der Waals surface area contributed by atoms with Gasteiger partial charge < -0.3 is 9.64 Å². The van der Waals surface area contributed by atoms with Crippen molar-refractivity contribution in [1.29, 1.82) is 0 Å². The molecule has 3 rings (SSSR count). The summed E-state index contributed by atoms with van der Waals surface area (Å²) in [5.74, 6) is 0.655. The number of anilines is 1. The lowest BCUT2D eigenvalue weighted by Gasteiger charge is -2.20. The van der Waals surface area contributed by atoms with Gasteiger partial charge in [-0.2, -0.15) is 0 Å². The molecular weight excluding hydrogens is 364 g/mol. The van der Waals surface area contributed by atoms with Crippen LogP contribution in [-0.2, 0) is 21.2 Å². The summed E-state index contributed by atoms with van der Waals surface area (Å²) in [7, 11) is -3.66. The fourth-order valence-corrected chi connectivity index (χ4v) is 4.50. The van der Waals surface area contributed by atoms with Crippen molar-refractivity contribution < 1.29 is 17.9 Å². The first-order valence-corrected chi connectivity index (χ1v) is 10.4. The normalized spacial score (nSPS) is 17.4. The summed E-state index contributed by atoms with van der Waals surface area (Å²) in [5, 5.41) is 0. The lowest BCUT2D eigenvalue weighted by molar-refractivity contribution is -0.116. The Kier molecular flexibility index (Phi) is 5.53. The van der Waals surface area contributed by atoms with E-state index in [1.165, 1.54) is 13.0 Å². The predicted octanol–water partition coefficient (Wildman–Crippen LogP) is 2.73. The molecule has 1 aliphatic rings. The van der Waals surface area contributed by atoms with Crippen LogP contribution in [0.15, 0.2) is 53.4 Å². The molecule has 7 heteroatoms. The van der Waals surface area contributed by atoms with Crippen LogP contribution in [-0.4, -0.2) is 33.0 Å². The average Bonchev–Trinajstić information content (AvgIpc) is 2.96. The first-order chi connectivity index (χ1) is 12.8. The van der Waals surface area contributed by atoms with E-state index < -0.39 is 10.0 Å². The number of rotatable bonds is 6. The van der Waals surface area contributed by atoms with Gasteiger partial charge in [0.15, 0.2) is 0 Å². The van der Waals surface area contributed by atoms with Crippen LogP contribution < -0.4 is 14.4 Å². The number of benzene rings is 2. The van der Waals surface area contributed by atoms with Crippen molar-refractivity contribution in [1.82, 2.24) is 4.72 Å². The highest BCUT2D eigenvalue weighted by atomic mass is 32.2. The highest BCUT2D eigenvalue weighted by Gasteiger charge is 2.30. The molecule has 0 radical (unpaired) electrons. The van der Waals surface area contributed by atoms with Gasteiger partial charge >= 0.3 is 0 Å². The smallest absolute Gasteiger partial charge is 0.240 e. The lowest BCUT2D eigenvalue weighted by Crippen LogP contribution is -2.34. The first-order valence-electron chi connectivity index (χ1n) is 8.92. The number of nitrogens with one attached hydrogen (secondary N) is 1. The van der Waals surface area contributed by atoms with E-state index in [0.29, 0.717) is 12.2 Å². The maximum absolute atomic E-state index is 12.6. The number of hydrogen-bond donors (Lipinski definition) is 1. The quantitative estimate of drug-likeness (QED) is 0.826. The Bertz CT molecular complexity index is 928. The van der Waals surface area contributed by atoms with Gasteiger partial charge in [0.05, 0.1) is 4.90 Å². The van der Waals surface area contributed by atoms with Crippen LogP contribution in [0.4, 0.5) is 5.69 Å². The number of sulfonamides is 1. The zero-order valence-electron chi connectivity index (χ0n) is 15.7. The van der Waals surface area contributed by atoms with E-state index in [1.54, 1.807) is 17.0 Å². The van der Waals surface area contributed by atoms with Gasteiger partial charge in [0.1, 0.15) is 11.9 Å². The molecule has 6 nitrogen and oxygen atoms in total. The van der Waals surface area contributed by atoms with Gasteiger partial charge in [0.25, 0.3) is 0 Å². The van der Waals surface area contributed by atoms with Crippen molar-refractivity contribution >= 4 is 21.6 Å². The number of amides is 1. The summed E-state index contributed by atoms with van der Waals surface area (Å²) in [4.78, 5) is 13.7. The van der Waals surface area contributed by atoms with E-state index in [4.69, 9.17) is 4.74 Å². The molecule has 0 saturated carbocycles. The Balaban J connectivity index is 1.69. The first kappa shape index (κ1) is 19.4. The second-order valence-corrected chi connectivity index (χ2v) is 8.59. The van der Waals surface area contributed by atoms with Gasteiger partial charge in [-0.25, -0.2) is 13.1 Å². The third-order valence-electron chi connectivity index (χ3n) is 4.56. The summed E-state index contributed by atoms with van der Waals surface area (Å²) >= 11 is 0. The van der Waals surface area contributed by atoms with Crippen molar-refractivity contribution in [2.45, 2.75) is 44.2 Å². The Morgan fingerprint density at radius 1 is 1.26 bits per heavy atom. The molecule has 2 unspecified atom stereocenters. The number of carbonyl (C=O) groups is 1. The van der Waals surface area contributed by atoms with Crippen molar-refractivity contribution in [2.24, 2.45) is 0 Å². The molecular formula is C20H24N2O4S. The highest BCUT2D eigenvalue weighted by molar-refractivity contribution is 7.89. The standard InChI is InChI=1S/C20H24N2O4S/c1-14-11-17-12-19(9-10-20(17)22(14)16(3)23)27(24,25)21-13-15(2)26-18-7-5-4-6-8-18/h4-10,12,14-15,21H,11,13H2,1-3H3. The summed E-state index contributed by atoms with van der Waals surface area (Å²) in [5.41, 5.74) is 1.66. The van der Waals surface area contributed by atoms with Crippen LogP contribution in [0.25, 0.3) is 0 Å². The minimum atomic E-state index is -3.66. The minimum absolute atomic E-state index is 0.0303. The number of para-hydroxylation sites is 1. The Hall–Kier alpha value is -2.38. The van der Waals surface area contributed by atoms with E-state index in [0.717, 1.165) is 11.3 Å². The molecule has 2 atom stereocenters. The third-order valence-corrected chi connectivity index (χ3v) is 5.98. The molecule has 144 valence electrons. The monoisotopic (exact) mass is 388 g/mol. The van der Waals surface area contributed by atoms with Crippen LogP contribution in [0.1, 0.15) is 26.3 Å². The fourth-order valence-electron chi connectivity index (χ4n) is 3.34. The summed E-state index contributed by atoms with van der Waals surface area (Å²) in [6.45, 7) is 5.44. The third kappa shape index (κ3) is 4.31. The number of hydrogen-bond acceptors (Lipinski definition) is 4.